The third-order valence-corrected chi connectivity index (χ3v) is 6.54. The van der Waals surface area contributed by atoms with E-state index in [1.807, 2.05) is 19.1 Å². The molecule has 2 heterocycles. The number of carbonyl (C=O) groups excluding carboxylic acids is 1. The summed E-state index contributed by atoms with van der Waals surface area (Å²) in [6, 6.07) is 10.4. The molecule has 8 nitrogen and oxygen atoms in total. The maximum Gasteiger partial charge on any atom is 0.246 e. The number of likely N-dealkylation sites (N-methyl/N-ethyl adjacent to an activating group) is 1. The van der Waals surface area contributed by atoms with Crippen LogP contribution in [0.4, 0.5) is 5.82 Å². The zero-order valence-electron chi connectivity index (χ0n) is 21.0. The Morgan fingerprint density at radius 3 is 2.64 bits per heavy atom. The molecule has 0 bridgehead atoms. The fourth-order valence-corrected chi connectivity index (χ4v) is 4.47. The Morgan fingerprint density at radius 2 is 2.03 bits per heavy atom. The number of rotatable bonds is 10. The van der Waals surface area contributed by atoms with E-state index in [1.54, 1.807) is 43.6 Å². The van der Waals surface area contributed by atoms with Crippen LogP contribution >= 0.6 is 0 Å². The highest BCUT2D eigenvalue weighted by Crippen LogP contribution is 2.41. The highest BCUT2D eigenvalue weighted by Gasteiger charge is 2.27. The second kappa shape index (κ2) is 11.6. The van der Waals surface area contributed by atoms with Crippen molar-refractivity contribution in [2.24, 2.45) is 5.73 Å². The van der Waals surface area contributed by atoms with Crippen molar-refractivity contribution in [2.45, 2.75) is 38.6 Å². The Kier molecular flexibility index (Phi) is 8.55. The summed E-state index contributed by atoms with van der Waals surface area (Å²) in [4.78, 5) is 21.4. The van der Waals surface area contributed by atoms with Gasteiger partial charge < -0.3 is 31.6 Å². The molecule has 3 rings (SSSR count). The number of benzene rings is 1. The van der Waals surface area contributed by atoms with Gasteiger partial charge in [-0.15, -0.1) is 0 Å². The van der Waals surface area contributed by atoms with E-state index in [1.165, 1.54) is 11.0 Å². The number of pyridine rings is 1. The van der Waals surface area contributed by atoms with Gasteiger partial charge in [-0.3, -0.25) is 9.78 Å². The van der Waals surface area contributed by atoms with Crippen LogP contribution in [0.25, 0.3) is 22.9 Å². The lowest BCUT2D eigenvalue weighted by Crippen LogP contribution is -2.39. The smallest absolute Gasteiger partial charge is 0.246 e. The van der Waals surface area contributed by atoms with Crippen LogP contribution in [0.2, 0.25) is 0 Å². The van der Waals surface area contributed by atoms with E-state index in [2.05, 4.69) is 23.5 Å². The van der Waals surface area contributed by atoms with E-state index in [0.29, 0.717) is 29.1 Å². The van der Waals surface area contributed by atoms with E-state index in [0.717, 1.165) is 28.9 Å². The zero-order valence-corrected chi connectivity index (χ0v) is 21.0. The summed E-state index contributed by atoms with van der Waals surface area (Å²) in [6.45, 7) is 7.34. The molecule has 2 atom stereocenters. The van der Waals surface area contributed by atoms with Gasteiger partial charge in [0.05, 0.1) is 12.6 Å². The highest BCUT2D eigenvalue weighted by molar-refractivity contribution is 5.92. The van der Waals surface area contributed by atoms with Crippen molar-refractivity contribution in [3.05, 3.63) is 77.8 Å². The van der Waals surface area contributed by atoms with Crippen LogP contribution in [-0.4, -0.2) is 50.7 Å². The Labute approximate surface area is 212 Å². The molecule has 1 amide bonds. The highest BCUT2D eigenvalue weighted by atomic mass is 16.3. The predicted octanol–water partition coefficient (Wildman–Crippen LogP) is 4.02. The third-order valence-electron chi connectivity index (χ3n) is 6.54. The number of aliphatic hydroxyl groups is 1. The topological polar surface area (TPSA) is 141 Å². The number of aromatic hydroxyl groups is 1. The number of H-pyrrole nitrogens is 1. The Hall–Kier alpha value is -4.04. The molecule has 0 unspecified atom stereocenters. The number of phenolic OH excluding ortho intramolecular Hbond substituents is 1. The molecule has 0 aliphatic heterocycles. The molecule has 1 aromatic carbocycles. The first-order valence-corrected chi connectivity index (χ1v) is 11.9. The molecule has 8 heteroatoms. The number of nitrogens with zero attached hydrogens (tertiary/aromatic N) is 2. The molecule has 7 N–H and O–H groups in total. The average Bonchev–Trinajstić information content (AvgIpc) is 3.19. The Bertz CT molecular complexity index is 1260. The number of aryl methyl sites for hydroxylation is 1. The molecule has 0 radical (unpaired) electrons. The van der Waals surface area contributed by atoms with Crippen LogP contribution in [0.1, 0.15) is 48.2 Å². The minimum absolute atomic E-state index is 0.0542. The van der Waals surface area contributed by atoms with Gasteiger partial charge in [0, 0.05) is 52.9 Å². The van der Waals surface area contributed by atoms with Crippen LogP contribution in [0.3, 0.4) is 0 Å². The number of phenols is 1. The van der Waals surface area contributed by atoms with Crippen molar-refractivity contribution in [2.75, 3.05) is 19.4 Å². The van der Waals surface area contributed by atoms with E-state index in [4.69, 9.17) is 11.5 Å². The van der Waals surface area contributed by atoms with Gasteiger partial charge in [-0.25, -0.2) is 0 Å². The molecule has 0 aliphatic carbocycles. The first-order chi connectivity index (χ1) is 17.2. The number of hydrogen-bond donors (Lipinski definition) is 5. The summed E-state index contributed by atoms with van der Waals surface area (Å²) in [6.07, 6.45) is 6.00. The number of amides is 1. The van der Waals surface area contributed by atoms with E-state index in [-0.39, 0.29) is 24.2 Å². The van der Waals surface area contributed by atoms with Gasteiger partial charge in [-0.1, -0.05) is 25.6 Å². The number of hydrogen-bond acceptors (Lipinski definition) is 6. The molecule has 0 aliphatic rings. The summed E-state index contributed by atoms with van der Waals surface area (Å²) in [5.74, 6) is 0.205. The van der Waals surface area contributed by atoms with Gasteiger partial charge in [-0.2, -0.15) is 0 Å². The Balaban J connectivity index is 2.17. The van der Waals surface area contributed by atoms with Gasteiger partial charge in [0.2, 0.25) is 5.91 Å². The normalized spacial score (nSPS) is 13.3. The molecule has 190 valence electrons. The zero-order chi connectivity index (χ0) is 26.4. The molecule has 0 fully saturated rings. The molecular formula is C28H35N5O3. The van der Waals surface area contributed by atoms with Crippen LogP contribution in [0, 0.1) is 6.92 Å². The van der Waals surface area contributed by atoms with Crippen molar-refractivity contribution >= 4 is 23.5 Å². The van der Waals surface area contributed by atoms with Crippen LogP contribution in [0.5, 0.6) is 5.75 Å². The van der Waals surface area contributed by atoms with E-state index < -0.39 is 6.04 Å². The van der Waals surface area contributed by atoms with Gasteiger partial charge >= 0.3 is 0 Å². The van der Waals surface area contributed by atoms with Gasteiger partial charge in [0.1, 0.15) is 11.6 Å². The summed E-state index contributed by atoms with van der Waals surface area (Å²) in [5.41, 5.74) is 18.0. The van der Waals surface area contributed by atoms with Gasteiger partial charge in [0.15, 0.2) is 0 Å². The predicted molar refractivity (Wildman–Crippen MR) is 145 cm³/mol. The quantitative estimate of drug-likeness (QED) is 0.272. The van der Waals surface area contributed by atoms with Crippen LogP contribution < -0.4 is 11.5 Å². The number of aliphatic hydroxyl groups excluding tert-OH is 1. The number of aromatic amines is 1. The molecule has 0 saturated carbocycles. The summed E-state index contributed by atoms with van der Waals surface area (Å²) < 4.78 is 0. The second-order valence-electron chi connectivity index (χ2n) is 8.87. The standard InChI is InChI=1S/C28H35N5O3/c1-5-18(14-20(16-34)33(4)25(36)6-2)27-26(19-11-12-31-17(3)13-19)22(28(30)32-27)15-23(29)21-9-7-8-10-24(21)35/h6-13,15,18,20,32,34-35H,2,5,14,16,29-30H2,1,3-4H3/b23-15-/t18-,20-/m1/s1. The molecule has 0 spiro atoms. The average molecular weight is 490 g/mol. The number of nitrogens with two attached hydrogens (primary N) is 2. The number of para-hydroxylation sites is 1. The van der Waals surface area contributed by atoms with Crippen molar-refractivity contribution in [3.8, 4) is 16.9 Å². The lowest BCUT2D eigenvalue weighted by molar-refractivity contribution is -0.127. The van der Waals surface area contributed by atoms with Gasteiger partial charge in [-0.05, 0) is 61.7 Å². The maximum atomic E-state index is 12.2. The van der Waals surface area contributed by atoms with E-state index >= 15 is 0 Å². The molecule has 36 heavy (non-hydrogen) atoms. The molecular weight excluding hydrogens is 454 g/mol. The third kappa shape index (κ3) is 5.60. The van der Waals surface area contributed by atoms with E-state index in [9.17, 15) is 15.0 Å². The monoisotopic (exact) mass is 489 g/mol. The fourth-order valence-electron chi connectivity index (χ4n) is 4.47. The number of nitrogens with one attached hydrogen (secondary N) is 1. The summed E-state index contributed by atoms with van der Waals surface area (Å²) in [7, 11) is 1.66. The second-order valence-corrected chi connectivity index (χ2v) is 8.87. The molecule has 0 saturated heterocycles. The number of nitrogen functional groups attached to an aromatic ring is 1. The Morgan fingerprint density at radius 1 is 1.31 bits per heavy atom. The number of anilines is 1. The van der Waals surface area contributed by atoms with Crippen molar-refractivity contribution < 1.29 is 15.0 Å². The van der Waals surface area contributed by atoms with Gasteiger partial charge in [0.25, 0.3) is 0 Å². The molecule has 2 aromatic heterocycles. The van der Waals surface area contributed by atoms with Crippen molar-refractivity contribution in [1.29, 1.82) is 0 Å². The minimum Gasteiger partial charge on any atom is -0.507 e. The molecule has 3 aromatic rings. The minimum atomic E-state index is -0.401. The number of carbonyl (C=O) groups is 1. The first-order valence-electron chi connectivity index (χ1n) is 11.9. The lowest BCUT2D eigenvalue weighted by Gasteiger charge is -2.29. The van der Waals surface area contributed by atoms with Crippen LogP contribution in [-0.2, 0) is 4.79 Å². The SMILES string of the molecule is C=CC(=O)N(C)[C@@H](CO)C[C@@H](CC)c1[nH]c(N)c(/C=C(\N)c2ccccc2O)c1-c1ccnc(C)c1. The fraction of sp³-hybridized carbons (Fsp3) is 0.286. The van der Waals surface area contributed by atoms with Crippen molar-refractivity contribution in [3.63, 3.8) is 0 Å². The lowest BCUT2D eigenvalue weighted by atomic mass is 9.88. The summed E-state index contributed by atoms with van der Waals surface area (Å²) >= 11 is 0. The largest absolute Gasteiger partial charge is 0.507 e. The summed E-state index contributed by atoms with van der Waals surface area (Å²) in [5, 5.41) is 20.4. The number of aromatic nitrogens is 2. The maximum absolute atomic E-state index is 12.2. The van der Waals surface area contributed by atoms with Crippen LogP contribution in [0.15, 0.2) is 55.3 Å². The van der Waals surface area contributed by atoms with Crippen molar-refractivity contribution in [1.82, 2.24) is 14.9 Å². The first kappa shape index (κ1) is 26.6.